The number of alkyl halides is 3. The molecule has 0 bridgehead atoms. The Morgan fingerprint density at radius 1 is 0.769 bits per heavy atom. The Kier molecular flexibility index (Phi) is 9.52. The van der Waals surface area contributed by atoms with Gasteiger partial charge in [0.25, 0.3) is 0 Å². The third-order valence-electron chi connectivity index (χ3n) is 5.76. The fourth-order valence-corrected chi connectivity index (χ4v) is 4.43. The van der Waals surface area contributed by atoms with E-state index in [-0.39, 0.29) is 0 Å². The summed E-state index contributed by atoms with van der Waals surface area (Å²) in [4.78, 5) is 0. The number of benzene rings is 1. The quantitative estimate of drug-likeness (QED) is 0.324. The number of hydrogen-bond donors (Lipinski definition) is 0. The van der Waals surface area contributed by atoms with E-state index in [1.54, 1.807) is 0 Å². The van der Waals surface area contributed by atoms with Crippen LogP contribution in [0.3, 0.4) is 0 Å². The van der Waals surface area contributed by atoms with Crippen LogP contribution < -0.4 is 0 Å². The minimum absolute atomic E-state index is 0.297. The topological polar surface area (TPSA) is 0 Å². The highest BCUT2D eigenvalue weighted by Crippen LogP contribution is 2.38. The van der Waals surface area contributed by atoms with Crippen molar-refractivity contribution in [3.05, 3.63) is 34.3 Å². The summed E-state index contributed by atoms with van der Waals surface area (Å²) in [5.74, 6) is 1.62. The largest absolute Gasteiger partial charge is 0.389 e. The molecule has 1 fully saturated rings. The molecule has 0 aliphatic heterocycles. The molecule has 0 N–H and O–H groups in total. The molecule has 0 heterocycles. The summed E-state index contributed by atoms with van der Waals surface area (Å²) in [7, 11) is 0. The molecule has 0 unspecified atom stereocenters. The molecule has 0 amide bonds. The zero-order valence-corrected chi connectivity index (χ0v) is 17.3. The van der Waals surface area contributed by atoms with E-state index in [1.807, 2.05) is 0 Å². The maximum Gasteiger partial charge on any atom is 0.389 e. The van der Waals surface area contributed by atoms with Gasteiger partial charge in [-0.1, -0.05) is 73.0 Å². The van der Waals surface area contributed by atoms with Crippen LogP contribution in [0.4, 0.5) is 13.2 Å². The first kappa shape index (κ1) is 21.8. The van der Waals surface area contributed by atoms with Crippen LogP contribution in [-0.2, 0) is 0 Å². The van der Waals surface area contributed by atoms with Crippen molar-refractivity contribution in [2.24, 2.45) is 5.92 Å². The Balaban J connectivity index is 1.46. The lowest BCUT2D eigenvalue weighted by atomic mass is 9.77. The summed E-state index contributed by atoms with van der Waals surface area (Å²) in [6.45, 7) is 0. The zero-order valence-electron chi connectivity index (χ0n) is 15.7. The molecule has 1 aromatic carbocycles. The van der Waals surface area contributed by atoms with Gasteiger partial charge >= 0.3 is 6.18 Å². The molecule has 1 aliphatic rings. The van der Waals surface area contributed by atoms with Gasteiger partial charge in [-0.25, -0.2) is 0 Å². The Bertz CT molecular complexity index is 487. The Morgan fingerprint density at radius 3 is 1.88 bits per heavy atom. The highest BCUT2D eigenvalue weighted by molar-refractivity contribution is 9.10. The summed E-state index contributed by atoms with van der Waals surface area (Å²) in [5.41, 5.74) is 1.48. The summed E-state index contributed by atoms with van der Waals surface area (Å²) >= 11 is 3.50. The molecule has 1 saturated carbocycles. The number of rotatable bonds is 10. The summed E-state index contributed by atoms with van der Waals surface area (Å²) in [6.07, 6.45) is 8.83. The van der Waals surface area contributed by atoms with Crippen molar-refractivity contribution in [2.75, 3.05) is 0 Å². The Labute approximate surface area is 165 Å². The first-order valence-corrected chi connectivity index (χ1v) is 11.1. The molecular formula is C22H32BrF3. The van der Waals surface area contributed by atoms with Crippen molar-refractivity contribution in [1.82, 2.24) is 0 Å². The first-order chi connectivity index (χ1) is 12.4. The van der Waals surface area contributed by atoms with Gasteiger partial charge in [-0.3, -0.25) is 0 Å². The zero-order chi connectivity index (χ0) is 18.8. The molecule has 26 heavy (non-hydrogen) atoms. The molecule has 0 atom stereocenters. The molecule has 0 nitrogen and oxygen atoms in total. The first-order valence-electron chi connectivity index (χ1n) is 10.3. The maximum atomic E-state index is 12.0. The van der Waals surface area contributed by atoms with E-state index >= 15 is 0 Å². The van der Waals surface area contributed by atoms with Gasteiger partial charge in [0.1, 0.15) is 0 Å². The standard InChI is InChI=1S/C22H32BrF3/c23-21-15-13-20(14-16-21)19-11-9-18(10-12-19)8-6-4-2-1-3-5-7-17-22(24,25)26/h13-16,18-19H,1-12,17H2/t18-,19-. The van der Waals surface area contributed by atoms with Gasteiger partial charge in [0.2, 0.25) is 0 Å². The third-order valence-corrected chi connectivity index (χ3v) is 6.29. The van der Waals surface area contributed by atoms with Gasteiger partial charge in [0.15, 0.2) is 0 Å². The normalized spacial score (nSPS) is 21.1. The summed E-state index contributed by atoms with van der Waals surface area (Å²) in [5, 5.41) is 0. The van der Waals surface area contributed by atoms with Crippen LogP contribution in [0.2, 0.25) is 0 Å². The van der Waals surface area contributed by atoms with E-state index < -0.39 is 12.6 Å². The monoisotopic (exact) mass is 432 g/mol. The van der Waals surface area contributed by atoms with Gasteiger partial charge in [-0.15, -0.1) is 0 Å². The summed E-state index contributed by atoms with van der Waals surface area (Å²) < 4.78 is 37.3. The average molecular weight is 433 g/mol. The smallest absolute Gasteiger partial charge is 0.171 e. The van der Waals surface area contributed by atoms with Crippen LogP contribution in [0.1, 0.15) is 95.0 Å². The van der Waals surface area contributed by atoms with Crippen LogP contribution in [0.15, 0.2) is 28.7 Å². The van der Waals surface area contributed by atoms with Gasteiger partial charge < -0.3 is 0 Å². The van der Waals surface area contributed by atoms with E-state index in [4.69, 9.17) is 0 Å². The van der Waals surface area contributed by atoms with Crippen molar-refractivity contribution in [1.29, 1.82) is 0 Å². The van der Waals surface area contributed by atoms with Gasteiger partial charge in [-0.2, -0.15) is 13.2 Å². The number of unbranched alkanes of at least 4 members (excludes halogenated alkanes) is 6. The molecule has 4 heteroatoms. The second-order valence-electron chi connectivity index (χ2n) is 7.90. The van der Waals surface area contributed by atoms with Gasteiger partial charge in [-0.05, 0) is 61.6 Å². The molecule has 0 spiro atoms. The van der Waals surface area contributed by atoms with Crippen LogP contribution in [0.25, 0.3) is 0 Å². The van der Waals surface area contributed by atoms with E-state index in [0.29, 0.717) is 6.42 Å². The lowest BCUT2D eigenvalue weighted by molar-refractivity contribution is -0.135. The number of halogens is 4. The minimum atomic E-state index is -3.98. The molecule has 148 valence electrons. The maximum absolute atomic E-state index is 12.0. The predicted molar refractivity (Wildman–Crippen MR) is 106 cm³/mol. The van der Waals surface area contributed by atoms with E-state index in [9.17, 15) is 13.2 Å². The van der Waals surface area contributed by atoms with Crippen molar-refractivity contribution in [3.8, 4) is 0 Å². The second-order valence-corrected chi connectivity index (χ2v) is 8.81. The summed E-state index contributed by atoms with van der Waals surface area (Å²) in [6, 6.07) is 8.79. The second kappa shape index (κ2) is 11.4. The Morgan fingerprint density at radius 2 is 1.31 bits per heavy atom. The van der Waals surface area contributed by atoms with E-state index in [2.05, 4.69) is 40.2 Å². The third kappa shape index (κ3) is 8.92. The molecule has 2 rings (SSSR count). The van der Waals surface area contributed by atoms with Crippen molar-refractivity contribution in [3.63, 3.8) is 0 Å². The fraction of sp³-hybridized carbons (Fsp3) is 0.727. The van der Waals surface area contributed by atoms with E-state index in [0.717, 1.165) is 35.6 Å². The lowest BCUT2D eigenvalue weighted by Gasteiger charge is -2.29. The van der Waals surface area contributed by atoms with Gasteiger partial charge in [0, 0.05) is 10.9 Å². The predicted octanol–water partition coefficient (Wildman–Crippen LogP) is 8.80. The van der Waals surface area contributed by atoms with Crippen LogP contribution >= 0.6 is 15.9 Å². The highest BCUT2D eigenvalue weighted by atomic mass is 79.9. The molecule has 1 aromatic rings. The molecule has 1 aliphatic carbocycles. The van der Waals surface area contributed by atoms with Crippen LogP contribution in [0.5, 0.6) is 0 Å². The number of hydrogen-bond acceptors (Lipinski definition) is 0. The molecule has 0 saturated heterocycles. The highest BCUT2D eigenvalue weighted by Gasteiger charge is 2.25. The SMILES string of the molecule is FC(F)(F)CCCCCCCCC[C@H]1CC[C@H](c2ccc(Br)cc2)CC1. The van der Waals surface area contributed by atoms with E-state index in [1.165, 1.54) is 56.9 Å². The average Bonchev–Trinajstić information content (AvgIpc) is 2.61. The van der Waals surface area contributed by atoms with Crippen molar-refractivity contribution < 1.29 is 13.2 Å². The Hall–Kier alpha value is -0.510. The molecule has 0 radical (unpaired) electrons. The van der Waals surface area contributed by atoms with Crippen molar-refractivity contribution in [2.45, 2.75) is 95.6 Å². The van der Waals surface area contributed by atoms with Crippen LogP contribution in [0, 0.1) is 5.92 Å². The van der Waals surface area contributed by atoms with Gasteiger partial charge in [0.05, 0.1) is 0 Å². The lowest BCUT2D eigenvalue weighted by Crippen LogP contribution is -2.13. The molecular weight excluding hydrogens is 401 g/mol. The van der Waals surface area contributed by atoms with Crippen LogP contribution in [-0.4, -0.2) is 6.18 Å². The van der Waals surface area contributed by atoms with Crippen molar-refractivity contribution >= 4 is 15.9 Å². The minimum Gasteiger partial charge on any atom is -0.171 e. The fourth-order valence-electron chi connectivity index (χ4n) is 4.16. The molecule has 0 aromatic heterocycles.